The molecular weight excluding hydrogens is 533 g/mol. The van der Waals surface area contributed by atoms with Crippen LogP contribution in [0, 0.1) is 17.6 Å². The summed E-state index contributed by atoms with van der Waals surface area (Å²) in [4.78, 5) is 26.4. The first-order valence-electron chi connectivity index (χ1n) is 12.3. The van der Waals surface area contributed by atoms with Crippen LogP contribution in [0.25, 0.3) is 0 Å². The molecule has 210 valence electrons. The van der Waals surface area contributed by atoms with Crippen LogP contribution in [0.15, 0.2) is 83.6 Å². The van der Waals surface area contributed by atoms with Crippen molar-refractivity contribution < 1.29 is 36.3 Å². The fourth-order valence-electron chi connectivity index (χ4n) is 4.36. The lowest BCUT2D eigenvalue weighted by Crippen LogP contribution is -2.30. The van der Waals surface area contributed by atoms with Gasteiger partial charge in [0.05, 0.1) is 22.5 Å². The molecular formula is C29H26F5N3O3. The molecule has 40 heavy (non-hydrogen) atoms. The number of ether oxygens (including phenoxy) is 1. The number of anilines is 2. The topological polar surface area (TPSA) is 70.7 Å². The molecule has 0 bridgehead atoms. The van der Waals surface area contributed by atoms with Gasteiger partial charge in [-0.25, -0.2) is 8.78 Å². The normalized spacial score (nSPS) is 17.0. The van der Waals surface area contributed by atoms with Crippen LogP contribution in [-0.2, 0) is 27.1 Å². The van der Waals surface area contributed by atoms with Gasteiger partial charge in [0.1, 0.15) is 29.7 Å². The number of halogens is 5. The van der Waals surface area contributed by atoms with E-state index in [0.717, 1.165) is 31.2 Å². The van der Waals surface area contributed by atoms with Gasteiger partial charge in [0, 0.05) is 18.8 Å². The number of benzene rings is 2. The summed E-state index contributed by atoms with van der Waals surface area (Å²) in [6, 6.07) is 6.57. The second kappa shape index (κ2) is 11.4. The summed E-state index contributed by atoms with van der Waals surface area (Å²) >= 11 is 0. The number of nitrogens with one attached hydrogen (secondary N) is 2. The molecule has 1 atom stereocenters. The second-order valence-corrected chi connectivity index (χ2v) is 9.38. The van der Waals surface area contributed by atoms with E-state index in [0.29, 0.717) is 17.7 Å². The molecule has 0 aliphatic carbocycles. The van der Waals surface area contributed by atoms with Crippen LogP contribution >= 0.6 is 0 Å². The van der Waals surface area contributed by atoms with Crippen molar-refractivity contribution in [3.8, 4) is 0 Å². The van der Waals surface area contributed by atoms with Crippen molar-refractivity contribution in [3.63, 3.8) is 0 Å². The van der Waals surface area contributed by atoms with E-state index in [1.165, 1.54) is 17.0 Å². The van der Waals surface area contributed by atoms with E-state index >= 15 is 0 Å². The highest BCUT2D eigenvalue weighted by Gasteiger charge is 2.35. The van der Waals surface area contributed by atoms with E-state index in [1.54, 1.807) is 25.3 Å². The maximum absolute atomic E-state index is 14.1. The summed E-state index contributed by atoms with van der Waals surface area (Å²) in [6.45, 7) is 4.34. The number of hydrogen-bond donors (Lipinski definition) is 2. The first-order valence-corrected chi connectivity index (χ1v) is 12.3. The van der Waals surface area contributed by atoms with Crippen LogP contribution < -0.4 is 10.6 Å². The summed E-state index contributed by atoms with van der Waals surface area (Å²) in [7, 11) is 0. The number of fused-ring (bicyclic) bond motifs is 1. The number of nitrogens with zero attached hydrogens (tertiary/aromatic N) is 1. The molecule has 2 heterocycles. The van der Waals surface area contributed by atoms with Gasteiger partial charge in [0.2, 0.25) is 5.91 Å². The number of amides is 2. The number of carbonyl (C=O) groups is 2. The van der Waals surface area contributed by atoms with Crippen molar-refractivity contribution in [1.82, 2.24) is 4.90 Å². The second-order valence-electron chi connectivity index (χ2n) is 9.38. The van der Waals surface area contributed by atoms with Crippen LogP contribution in [-0.4, -0.2) is 16.7 Å². The van der Waals surface area contributed by atoms with E-state index in [9.17, 15) is 31.5 Å². The summed E-state index contributed by atoms with van der Waals surface area (Å²) < 4.78 is 75.1. The Hall–Kier alpha value is -4.41. The Balaban J connectivity index is 1.62. The molecule has 2 aliphatic heterocycles. The van der Waals surface area contributed by atoms with E-state index in [-0.39, 0.29) is 28.6 Å². The number of carbonyl (C=O) groups excluding carboxylic acids is 2. The molecule has 2 N–H and O–H groups in total. The summed E-state index contributed by atoms with van der Waals surface area (Å²) in [6.07, 6.45) is 2.32. The highest BCUT2D eigenvalue weighted by Crippen LogP contribution is 2.38. The summed E-state index contributed by atoms with van der Waals surface area (Å²) in [5.74, 6) is -2.72. The van der Waals surface area contributed by atoms with Gasteiger partial charge >= 0.3 is 6.18 Å². The van der Waals surface area contributed by atoms with Gasteiger partial charge in [0.15, 0.2) is 0 Å². The summed E-state index contributed by atoms with van der Waals surface area (Å²) in [5, 5.41) is 4.68. The lowest BCUT2D eigenvalue weighted by molar-refractivity contribution is -0.137. The molecule has 6 nitrogen and oxygen atoms in total. The number of rotatable bonds is 6. The third-order valence-electron chi connectivity index (χ3n) is 6.56. The van der Waals surface area contributed by atoms with Crippen molar-refractivity contribution in [2.24, 2.45) is 5.92 Å². The maximum Gasteiger partial charge on any atom is 0.418 e. The van der Waals surface area contributed by atoms with Gasteiger partial charge in [-0.3, -0.25) is 9.59 Å². The average molecular weight is 560 g/mol. The van der Waals surface area contributed by atoms with Crippen molar-refractivity contribution in [3.05, 3.63) is 106 Å². The van der Waals surface area contributed by atoms with Crippen molar-refractivity contribution >= 4 is 23.2 Å². The fourth-order valence-corrected chi connectivity index (χ4v) is 4.36. The molecule has 0 radical (unpaired) electrons. The van der Waals surface area contributed by atoms with Crippen LogP contribution in [0.3, 0.4) is 0 Å². The summed E-state index contributed by atoms with van der Waals surface area (Å²) in [5.41, 5.74) is -0.641. The molecule has 2 aromatic carbocycles. The third kappa shape index (κ3) is 6.08. The Morgan fingerprint density at radius 1 is 1.10 bits per heavy atom. The molecule has 0 fully saturated rings. The molecule has 1 unspecified atom stereocenters. The van der Waals surface area contributed by atoms with E-state index in [4.69, 9.17) is 4.74 Å². The van der Waals surface area contributed by atoms with Crippen molar-refractivity contribution in [1.29, 1.82) is 0 Å². The Morgan fingerprint density at radius 2 is 1.80 bits per heavy atom. The van der Waals surface area contributed by atoms with Gasteiger partial charge in [-0.1, -0.05) is 19.1 Å². The Labute approximate surface area is 227 Å². The smallest absolute Gasteiger partial charge is 0.418 e. The molecule has 2 amide bonds. The highest BCUT2D eigenvalue weighted by molar-refractivity contribution is 6.04. The molecule has 2 aromatic rings. The lowest BCUT2D eigenvalue weighted by Gasteiger charge is -2.30. The zero-order chi connectivity index (χ0) is 29.2. The highest BCUT2D eigenvalue weighted by atomic mass is 19.4. The zero-order valence-electron chi connectivity index (χ0n) is 21.8. The molecule has 0 spiro atoms. The van der Waals surface area contributed by atoms with E-state index in [2.05, 4.69) is 10.6 Å². The quantitative estimate of drug-likeness (QED) is 0.374. The third-order valence-corrected chi connectivity index (χ3v) is 6.56. The number of alkyl halides is 3. The number of hydrogen-bond acceptors (Lipinski definition) is 4. The largest absolute Gasteiger partial charge is 0.486 e. The molecule has 2 aliphatic rings. The Kier molecular flexibility index (Phi) is 8.13. The van der Waals surface area contributed by atoms with Gasteiger partial charge < -0.3 is 20.3 Å². The van der Waals surface area contributed by atoms with Crippen LogP contribution in [0.5, 0.6) is 0 Å². The van der Waals surface area contributed by atoms with Gasteiger partial charge in [-0.05, 0) is 67.3 Å². The monoisotopic (exact) mass is 559 g/mol. The fraction of sp³-hybridized carbons (Fsp3) is 0.241. The van der Waals surface area contributed by atoms with Gasteiger partial charge in [0.25, 0.3) is 5.91 Å². The maximum atomic E-state index is 14.1. The predicted octanol–water partition coefficient (Wildman–Crippen LogP) is 7.01. The number of allylic oxidation sites excluding steroid dienone is 4. The minimum absolute atomic E-state index is 0.120. The lowest BCUT2D eigenvalue weighted by atomic mass is 9.97. The van der Waals surface area contributed by atoms with Crippen LogP contribution in [0.1, 0.15) is 38.3 Å². The zero-order valence-corrected chi connectivity index (χ0v) is 21.8. The molecule has 11 heteroatoms. The minimum atomic E-state index is -4.79. The van der Waals surface area contributed by atoms with Crippen LogP contribution in [0.2, 0.25) is 0 Å². The SMILES string of the molecule is CC(=O)Nc1ccc(NC(=O)C2=C(C)C(C)CC=C3C(OCc4c(F)cccc4F)=CC=CN32)cc1C(F)(F)F. The van der Waals surface area contributed by atoms with E-state index in [1.807, 2.05) is 13.0 Å². The van der Waals surface area contributed by atoms with E-state index < -0.39 is 47.5 Å². The molecule has 0 saturated heterocycles. The average Bonchev–Trinajstić information content (AvgIpc) is 3.00. The first kappa shape index (κ1) is 28.6. The predicted molar refractivity (Wildman–Crippen MR) is 139 cm³/mol. The standard InChI is InChI=1S/C29H26F5N3O3/c1-16-9-12-25-26(40-15-20-22(30)6-4-7-23(20)31)8-5-13-37(25)27(17(16)2)28(39)36-19-10-11-24(35-18(3)38)21(14-19)29(32,33)34/h4-8,10-14,16H,9,15H2,1-3H3,(H,35,38)(H,36,39). The first-order chi connectivity index (χ1) is 18.9. The Bertz CT molecular complexity index is 1450. The Morgan fingerprint density at radius 3 is 2.45 bits per heavy atom. The van der Waals surface area contributed by atoms with Crippen LogP contribution in [0.4, 0.5) is 33.3 Å². The molecule has 4 rings (SSSR count). The van der Waals surface area contributed by atoms with Crippen molar-refractivity contribution in [2.45, 2.75) is 40.0 Å². The molecule has 0 aromatic heterocycles. The molecule has 0 saturated carbocycles. The van der Waals surface area contributed by atoms with Gasteiger partial charge in [-0.15, -0.1) is 0 Å². The van der Waals surface area contributed by atoms with Gasteiger partial charge in [-0.2, -0.15) is 13.2 Å². The van der Waals surface area contributed by atoms with Crippen molar-refractivity contribution in [2.75, 3.05) is 10.6 Å². The minimum Gasteiger partial charge on any atom is -0.486 e.